The number of nitrogens with zero attached hydrogens (tertiary/aromatic N) is 6. The summed E-state index contributed by atoms with van der Waals surface area (Å²) in [6, 6.07) is 22.6. The molecule has 9 heteroatoms. The number of fused-ring (bicyclic) bond motifs is 3. The van der Waals surface area contributed by atoms with Crippen molar-refractivity contribution in [2.45, 2.75) is 0 Å². The molecule has 1 fully saturated rings. The Hall–Kier alpha value is -3.68. The van der Waals surface area contributed by atoms with E-state index in [1.807, 2.05) is 57.8 Å². The van der Waals surface area contributed by atoms with Gasteiger partial charge in [0, 0.05) is 52.7 Å². The molecule has 1 aliphatic rings. The fourth-order valence-electron chi connectivity index (χ4n) is 4.46. The summed E-state index contributed by atoms with van der Waals surface area (Å²) in [5.41, 5.74) is 3.06. The van der Waals surface area contributed by atoms with E-state index in [0.717, 1.165) is 33.9 Å². The highest BCUT2D eigenvalue weighted by Crippen LogP contribution is 2.30. The maximum atomic E-state index is 13.0. The van der Waals surface area contributed by atoms with Crippen molar-refractivity contribution in [2.24, 2.45) is 0 Å². The molecule has 0 unspecified atom stereocenters. The Morgan fingerprint density at radius 1 is 0.800 bits per heavy atom. The van der Waals surface area contributed by atoms with Crippen LogP contribution in [0.5, 0.6) is 0 Å². The number of rotatable bonds is 3. The van der Waals surface area contributed by atoms with Crippen LogP contribution in [0.2, 0.25) is 10.0 Å². The number of hydrogen-bond donors (Lipinski definition) is 0. The van der Waals surface area contributed by atoms with Gasteiger partial charge in [-0.3, -0.25) is 4.79 Å². The van der Waals surface area contributed by atoms with E-state index < -0.39 is 0 Å². The van der Waals surface area contributed by atoms with E-state index in [4.69, 9.17) is 28.2 Å². The maximum absolute atomic E-state index is 13.0. The van der Waals surface area contributed by atoms with E-state index in [1.54, 1.807) is 24.3 Å². The van der Waals surface area contributed by atoms with Gasteiger partial charge in [0.2, 0.25) is 5.95 Å². The highest BCUT2D eigenvalue weighted by molar-refractivity contribution is 6.31. The van der Waals surface area contributed by atoms with Gasteiger partial charge in [-0.05, 0) is 42.5 Å². The molecule has 0 atom stereocenters. The molecule has 0 N–H and O–H groups in total. The van der Waals surface area contributed by atoms with E-state index in [-0.39, 0.29) is 5.91 Å². The lowest BCUT2D eigenvalue weighted by atomic mass is 10.2. The van der Waals surface area contributed by atoms with Crippen LogP contribution >= 0.6 is 23.2 Å². The molecule has 174 valence electrons. The van der Waals surface area contributed by atoms with Crippen LogP contribution in [-0.4, -0.2) is 56.6 Å². The molecular formula is C26H20Cl2N6O. The van der Waals surface area contributed by atoms with Crippen molar-refractivity contribution in [3.8, 4) is 11.4 Å². The zero-order valence-corrected chi connectivity index (χ0v) is 20.1. The van der Waals surface area contributed by atoms with Crippen LogP contribution in [0.3, 0.4) is 0 Å². The maximum Gasteiger partial charge on any atom is 0.253 e. The van der Waals surface area contributed by atoms with E-state index in [9.17, 15) is 4.79 Å². The standard InChI is InChI=1S/C26H20Cl2N6O/c27-19-8-6-18(7-9-19)25(35)32-12-14-33(15-13-32)26-29-22-16-20(28)10-11-21(22)24-31-30-23(34(24)26)17-4-2-1-3-5-17/h1-11,16H,12-15H2. The minimum Gasteiger partial charge on any atom is -0.338 e. The third-order valence-electron chi connectivity index (χ3n) is 6.26. The molecule has 1 amide bonds. The Morgan fingerprint density at radius 2 is 1.51 bits per heavy atom. The van der Waals surface area contributed by atoms with Crippen molar-refractivity contribution in [1.82, 2.24) is 24.5 Å². The summed E-state index contributed by atoms with van der Waals surface area (Å²) in [5.74, 6) is 1.45. The molecule has 7 nitrogen and oxygen atoms in total. The highest BCUT2D eigenvalue weighted by Gasteiger charge is 2.26. The largest absolute Gasteiger partial charge is 0.338 e. The summed E-state index contributed by atoms with van der Waals surface area (Å²) >= 11 is 12.3. The van der Waals surface area contributed by atoms with Crippen molar-refractivity contribution in [1.29, 1.82) is 0 Å². The van der Waals surface area contributed by atoms with Gasteiger partial charge in [-0.25, -0.2) is 9.38 Å². The quantitative estimate of drug-likeness (QED) is 0.338. The highest BCUT2D eigenvalue weighted by atomic mass is 35.5. The fourth-order valence-corrected chi connectivity index (χ4v) is 4.76. The number of halogens is 2. The zero-order valence-electron chi connectivity index (χ0n) is 18.6. The summed E-state index contributed by atoms with van der Waals surface area (Å²) < 4.78 is 2.00. The molecule has 3 aromatic carbocycles. The van der Waals surface area contributed by atoms with Gasteiger partial charge in [-0.2, -0.15) is 0 Å². The van der Waals surface area contributed by atoms with Crippen LogP contribution < -0.4 is 4.90 Å². The van der Waals surface area contributed by atoms with Crippen LogP contribution in [0.15, 0.2) is 72.8 Å². The normalized spacial score (nSPS) is 14.1. The molecule has 2 aromatic heterocycles. The lowest BCUT2D eigenvalue weighted by Gasteiger charge is -2.35. The SMILES string of the molecule is O=C(c1ccc(Cl)cc1)N1CCN(c2nc3cc(Cl)ccc3c3nnc(-c4ccccc4)n23)CC1. The lowest BCUT2D eigenvalue weighted by Crippen LogP contribution is -2.49. The van der Waals surface area contributed by atoms with Crippen LogP contribution in [0.4, 0.5) is 5.95 Å². The summed E-state index contributed by atoms with van der Waals surface area (Å²) in [6.07, 6.45) is 0. The molecule has 1 aliphatic heterocycles. The lowest BCUT2D eigenvalue weighted by molar-refractivity contribution is 0.0746. The molecule has 0 spiro atoms. The second-order valence-electron chi connectivity index (χ2n) is 8.41. The van der Waals surface area contributed by atoms with E-state index in [1.165, 1.54) is 0 Å². The molecule has 3 heterocycles. The van der Waals surface area contributed by atoms with Crippen LogP contribution in [0, 0.1) is 0 Å². The van der Waals surface area contributed by atoms with E-state index >= 15 is 0 Å². The molecule has 1 saturated heterocycles. The Bertz CT molecular complexity index is 1540. The second-order valence-corrected chi connectivity index (χ2v) is 9.28. The minimum atomic E-state index is -0.000937. The average molecular weight is 503 g/mol. The van der Waals surface area contributed by atoms with Crippen molar-refractivity contribution in [3.63, 3.8) is 0 Å². The van der Waals surface area contributed by atoms with Gasteiger partial charge in [0.25, 0.3) is 5.91 Å². The number of carbonyl (C=O) groups is 1. The van der Waals surface area contributed by atoms with Crippen molar-refractivity contribution in [2.75, 3.05) is 31.1 Å². The molecular weight excluding hydrogens is 483 g/mol. The number of hydrogen-bond acceptors (Lipinski definition) is 5. The first kappa shape index (κ1) is 21.8. The Labute approximate surface area is 211 Å². The molecule has 0 aliphatic carbocycles. The van der Waals surface area contributed by atoms with E-state index in [0.29, 0.717) is 41.8 Å². The number of benzene rings is 3. The molecule has 35 heavy (non-hydrogen) atoms. The number of anilines is 1. The topological polar surface area (TPSA) is 66.6 Å². The van der Waals surface area contributed by atoms with Gasteiger partial charge in [0.15, 0.2) is 11.5 Å². The Kier molecular flexibility index (Phi) is 5.51. The summed E-state index contributed by atoms with van der Waals surface area (Å²) in [6.45, 7) is 2.39. The zero-order chi connectivity index (χ0) is 23.9. The molecule has 6 rings (SSSR count). The smallest absolute Gasteiger partial charge is 0.253 e. The van der Waals surface area contributed by atoms with Gasteiger partial charge in [-0.15, -0.1) is 10.2 Å². The number of carbonyl (C=O) groups excluding carboxylic acids is 1. The van der Waals surface area contributed by atoms with Crippen molar-refractivity contribution >= 4 is 51.6 Å². The average Bonchev–Trinajstić information content (AvgIpc) is 3.34. The Balaban J connectivity index is 1.38. The third-order valence-corrected chi connectivity index (χ3v) is 6.74. The monoisotopic (exact) mass is 502 g/mol. The number of aromatic nitrogens is 4. The van der Waals surface area contributed by atoms with Crippen LogP contribution in [-0.2, 0) is 0 Å². The van der Waals surface area contributed by atoms with Crippen LogP contribution in [0.25, 0.3) is 27.9 Å². The molecule has 0 radical (unpaired) electrons. The first-order valence-corrected chi connectivity index (χ1v) is 12.0. The third kappa shape index (κ3) is 3.96. The summed E-state index contributed by atoms with van der Waals surface area (Å²) in [4.78, 5) is 22.0. The summed E-state index contributed by atoms with van der Waals surface area (Å²) in [5, 5.41) is 11.2. The molecule has 0 bridgehead atoms. The van der Waals surface area contributed by atoms with Gasteiger partial charge in [0.1, 0.15) is 0 Å². The summed E-state index contributed by atoms with van der Waals surface area (Å²) in [7, 11) is 0. The van der Waals surface area contributed by atoms with Gasteiger partial charge < -0.3 is 9.80 Å². The molecule has 5 aromatic rings. The number of piperazine rings is 1. The predicted octanol–water partition coefficient (Wildman–Crippen LogP) is 5.21. The van der Waals surface area contributed by atoms with Gasteiger partial charge in [0.05, 0.1) is 5.52 Å². The van der Waals surface area contributed by atoms with E-state index in [2.05, 4.69) is 15.1 Å². The number of amides is 1. The van der Waals surface area contributed by atoms with Gasteiger partial charge in [-0.1, -0.05) is 53.5 Å². The minimum absolute atomic E-state index is 0.000937. The molecule has 0 saturated carbocycles. The van der Waals surface area contributed by atoms with Gasteiger partial charge >= 0.3 is 0 Å². The second kappa shape index (κ2) is 8.83. The predicted molar refractivity (Wildman–Crippen MR) is 138 cm³/mol. The first-order chi connectivity index (χ1) is 17.1. The van der Waals surface area contributed by atoms with Crippen molar-refractivity contribution < 1.29 is 4.79 Å². The van der Waals surface area contributed by atoms with Crippen LogP contribution in [0.1, 0.15) is 10.4 Å². The Morgan fingerprint density at radius 3 is 2.26 bits per heavy atom. The first-order valence-electron chi connectivity index (χ1n) is 11.3. The fraction of sp³-hybridized carbons (Fsp3) is 0.154. The van der Waals surface area contributed by atoms with Crippen molar-refractivity contribution in [3.05, 3.63) is 88.4 Å².